The van der Waals surface area contributed by atoms with Crippen LogP contribution >= 0.6 is 71.5 Å². The molecule has 4 aromatic rings. The van der Waals surface area contributed by atoms with Gasteiger partial charge in [0.15, 0.2) is 0 Å². The van der Waals surface area contributed by atoms with Crippen LogP contribution in [0.2, 0.25) is 0 Å². The highest BCUT2D eigenvalue weighted by atomic mass is 32.1. The number of thiazole rings is 2. The fourth-order valence-corrected chi connectivity index (χ4v) is 13.5. The van der Waals surface area contributed by atoms with Gasteiger partial charge < -0.3 is 0 Å². The van der Waals surface area contributed by atoms with E-state index in [1.807, 2.05) is 46.9 Å². The van der Waals surface area contributed by atoms with Gasteiger partial charge in [-0.05, 0) is 49.0 Å². The van der Waals surface area contributed by atoms with Crippen LogP contribution in [0.1, 0.15) is 118 Å². The van der Waals surface area contributed by atoms with E-state index in [9.17, 15) is 0 Å². The predicted molar refractivity (Wildman–Crippen MR) is 216 cm³/mol. The zero-order chi connectivity index (χ0) is 32.4. The highest BCUT2D eigenvalue weighted by Crippen LogP contribution is 2.70. The van der Waals surface area contributed by atoms with Crippen molar-refractivity contribution in [1.29, 1.82) is 0 Å². The molecule has 2 nitrogen and oxygen atoms in total. The van der Waals surface area contributed by atoms with Gasteiger partial charge >= 0.3 is 0 Å². The summed E-state index contributed by atoms with van der Waals surface area (Å²) < 4.78 is 0. The topological polar surface area (TPSA) is 25.8 Å². The lowest BCUT2D eigenvalue weighted by atomic mass is 9.68. The number of benzene rings is 2. The number of hydrogen-bond acceptors (Lipinski definition) is 8. The second kappa shape index (κ2) is 10.9. The predicted octanol–water partition coefficient (Wildman–Crippen LogP) is 11.0. The molecule has 0 amide bonds. The number of aromatic nitrogens is 2. The molecule has 8 heteroatoms. The third-order valence-corrected chi connectivity index (χ3v) is 15.4. The van der Waals surface area contributed by atoms with Crippen molar-refractivity contribution in [3.05, 3.63) is 113 Å². The molecule has 2 aromatic heterocycles. The van der Waals surface area contributed by atoms with E-state index in [0.29, 0.717) is 0 Å². The molecule has 2 heterocycles. The molecule has 0 N–H and O–H groups in total. The zero-order valence-electron chi connectivity index (χ0n) is 26.2. The summed E-state index contributed by atoms with van der Waals surface area (Å²) in [6.45, 7) is 0. The summed E-state index contributed by atoms with van der Waals surface area (Å²) in [5, 5.41) is 2.07. The number of hydrogen-bond donors (Lipinski definition) is 0. The first kappa shape index (κ1) is 30.1. The molecule has 0 atom stereocenters. The van der Waals surface area contributed by atoms with Gasteiger partial charge in [-0.25, -0.2) is 9.97 Å². The Morgan fingerprint density at radius 2 is 0.833 bits per heavy atom. The number of allylic oxidation sites excluding steroid dienone is 4. The summed E-state index contributed by atoms with van der Waals surface area (Å²) in [5.41, 5.74) is 11.9. The van der Waals surface area contributed by atoms with Crippen LogP contribution < -0.4 is 0 Å². The van der Waals surface area contributed by atoms with Gasteiger partial charge in [0, 0.05) is 44.2 Å². The molecule has 0 bridgehead atoms. The summed E-state index contributed by atoms with van der Waals surface area (Å²) in [7, 11) is 0. The van der Waals surface area contributed by atoms with Crippen LogP contribution in [0.3, 0.4) is 0 Å². The molecule has 236 valence electrons. The molecule has 10 rings (SSSR count). The molecular formula is C40H30N2S6. The van der Waals surface area contributed by atoms with E-state index in [2.05, 4.69) is 36.4 Å². The maximum absolute atomic E-state index is 5.96. The van der Waals surface area contributed by atoms with Gasteiger partial charge in [0.1, 0.15) is 10.0 Å². The highest BCUT2D eigenvalue weighted by Gasteiger charge is 2.60. The fraction of sp³-hybridized carbons (Fsp3) is 0.300. The SMILES string of the molecule is S=C1C(=Cc2nc3c(s2)C2=C(c4sc(C=C5C(=S)c6ccccc6C5=S)nc4C24CCCCC4)C32CCCCC2)C(=S)c2ccccc21. The van der Waals surface area contributed by atoms with E-state index in [1.54, 1.807) is 11.1 Å². The quantitative estimate of drug-likeness (QED) is 0.150. The van der Waals surface area contributed by atoms with Crippen LogP contribution in [0.15, 0.2) is 59.7 Å². The molecule has 2 fully saturated rings. The molecular weight excluding hydrogens is 701 g/mol. The van der Waals surface area contributed by atoms with Gasteiger partial charge in [-0.1, -0.05) is 136 Å². The van der Waals surface area contributed by atoms with E-state index >= 15 is 0 Å². The second-order valence-corrected chi connectivity index (χ2v) is 17.7. The van der Waals surface area contributed by atoms with Crippen molar-refractivity contribution in [2.45, 2.75) is 75.0 Å². The minimum Gasteiger partial charge on any atom is -0.240 e. The molecule has 2 saturated carbocycles. The van der Waals surface area contributed by atoms with Crippen molar-refractivity contribution in [3.63, 3.8) is 0 Å². The van der Waals surface area contributed by atoms with Crippen molar-refractivity contribution in [2.75, 3.05) is 0 Å². The third kappa shape index (κ3) is 3.99. The summed E-state index contributed by atoms with van der Waals surface area (Å²) in [6, 6.07) is 16.5. The summed E-state index contributed by atoms with van der Waals surface area (Å²) in [6.07, 6.45) is 16.5. The van der Waals surface area contributed by atoms with E-state index in [-0.39, 0.29) is 10.8 Å². The molecule has 0 radical (unpaired) electrons. The minimum absolute atomic E-state index is 0.0589. The van der Waals surface area contributed by atoms with Crippen LogP contribution in [-0.4, -0.2) is 29.4 Å². The van der Waals surface area contributed by atoms with Crippen LogP contribution in [0.25, 0.3) is 23.3 Å². The summed E-state index contributed by atoms with van der Waals surface area (Å²) in [4.78, 5) is 17.3. The largest absolute Gasteiger partial charge is 0.240 e. The molecule has 2 aromatic carbocycles. The van der Waals surface area contributed by atoms with Gasteiger partial charge in [-0.2, -0.15) is 0 Å². The third-order valence-electron chi connectivity index (χ3n) is 11.6. The maximum Gasteiger partial charge on any atom is 0.117 e. The minimum atomic E-state index is -0.0589. The van der Waals surface area contributed by atoms with Crippen LogP contribution in [0.4, 0.5) is 0 Å². The first-order valence-corrected chi connectivity index (χ1v) is 20.3. The molecule has 2 spiro atoms. The van der Waals surface area contributed by atoms with Crippen molar-refractivity contribution >= 4 is 114 Å². The number of nitrogens with zero attached hydrogens (tertiary/aromatic N) is 2. The van der Waals surface area contributed by atoms with Crippen molar-refractivity contribution in [2.24, 2.45) is 0 Å². The number of rotatable bonds is 2. The Kier molecular flexibility index (Phi) is 6.84. The lowest BCUT2D eigenvalue weighted by molar-refractivity contribution is 0.366. The standard InChI is InChI=1S/C40H30N2S6/c43-31-21-11-3-4-12-22(21)32(44)25(31)19-27-41-37-36(48-27)30-29(39(37)15-7-1-8-16-39)35-38(40(30)17-9-2-10-18-40)42-28(47-35)20-26-33(45)23-13-5-6-14-24(23)34(26)46/h3-6,11-14,19-20H,1-2,7-10,15-18H2. The van der Waals surface area contributed by atoms with Gasteiger partial charge in [-0.15, -0.1) is 22.7 Å². The monoisotopic (exact) mass is 730 g/mol. The lowest BCUT2D eigenvalue weighted by Gasteiger charge is -2.35. The smallest absolute Gasteiger partial charge is 0.117 e. The lowest BCUT2D eigenvalue weighted by Crippen LogP contribution is -2.29. The number of fused-ring (bicyclic) bond motifs is 10. The zero-order valence-corrected chi connectivity index (χ0v) is 31.1. The second-order valence-electron chi connectivity index (χ2n) is 14.0. The van der Waals surface area contributed by atoms with Crippen molar-refractivity contribution < 1.29 is 0 Å². The van der Waals surface area contributed by atoms with Crippen LogP contribution in [0, 0.1) is 0 Å². The first-order chi connectivity index (χ1) is 23.4. The van der Waals surface area contributed by atoms with Gasteiger partial charge in [0.2, 0.25) is 0 Å². The van der Waals surface area contributed by atoms with E-state index in [1.165, 1.54) is 59.7 Å². The van der Waals surface area contributed by atoms with Gasteiger partial charge in [0.25, 0.3) is 0 Å². The Morgan fingerprint density at radius 3 is 1.17 bits per heavy atom. The Bertz CT molecular complexity index is 2040. The Balaban J connectivity index is 1.13. The molecule has 48 heavy (non-hydrogen) atoms. The van der Waals surface area contributed by atoms with E-state index in [0.717, 1.165) is 88.6 Å². The molecule has 6 aliphatic carbocycles. The Morgan fingerprint density at radius 1 is 0.500 bits per heavy atom. The van der Waals surface area contributed by atoms with E-state index in [4.69, 9.17) is 58.8 Å². The summed E-state index contributed by atoms with van der Waals surface area (Å²) in [5.74, 6) is 0. The van der Waals surface area contributed by atoms with E-state index < -0.39 is 0 Å². The molecule has 0 aliphatic heterocycles. The Labute approximate surface area is 310 Å². The molecule has 0 unspecified atom stereocenters. The average Bonchev–Trinajstić information content (AvgIpc) is 3.93. The molecule has 6 aliphatic rings. The van der Waals surface area contributed by atoms with Crippen molar-refractivity contribution in [1.82, 2.24) is 9.97 Å². The molecule has 0 saturated heterocycles. The number of thiocarbonyl (C=S) groups is 4. The van der Waals surface area contributed by atoms with Gasteiger partial charge in [0.05, 0.1) is 40.6 Å². The van der Waals surface area contributed by atoms with Crippen LogP contribution in [0.5, 0.6) is 0 Å². The highest BCUT2D eigenvalue weighted by molar-refractivity contribution is 7.84. The van der Waals surface area contributed by atoms with Crippen molar-refractivity contribution in [3.8, 4) is 0 Å². The average molecular weight is 731 g/mol. The van der Waals surface area contributed by atoms with Gasteiger partial charge in [-0.3, -0.25) is 0 Å². The summed E-state index contributed by atoms with van der Waals surface area (Å²) >= 11 is 27.6. The maximum atomic E-state index is 5.96. The Hall–Kier alpha value is -2.72. The fourth-order valence-electron chi connectivity index (χ4n) is 9.50. The first-order valence-electron chi connectivity index (χ1n) is 17.0. The van der Waals surface area contributed by atoms with Crippen LogP contribution in [-0.2, 0) is 10.8 Å². The normalized spacial score (nSPS) is 21.2.